The van der Waals surface area contributed by atoms with Gasteiger partial charge in [-0.15, -0.1) is 0 Å². The molecule has 6 nitrogen and oxygen atoms in total. The average molecular weight is 471 g/mol. The Morgan fingerprint density at radius 1 is 0.576 bits per heavy atom. The Balaban J connectivity index is 3.47. The lowest BCUT2D eigenvalue weighted by atomic mass is 10.0. The van der Waals surface area contributed by atoms with Crippen LogP contribution in [0.4, 0.5) is 0 Å². The molecule has 0 aromatic carbocycles. The SMILES string of the molecule is CC(=O)OCC(COC(=O)CCCCCCCCCCCCCCCCC(C)C)OC(C)=O. The van der Waals surface area contributed by atoms with Gasteiger partial charge in [0.1, 0.15) is 13.2 Å². The number of rotatable bonds is 22. The third kappa shape index (κ3) is 24.9. The molecule has 0 rings (SSSR count). The van der Waals surface area contributed by atoms with Gasteiger partial charge in [-0.05, 0) is 12.3 Å². The van der Waals surface area contributed by atoms with E-state index in [1.165, 1.54) is 90.9 Å². The zero-order valence-electron chi connectivity index (χ0n) is 21.8. The van der Waals surface area contributed by atoms with Crippen LogP contribution in [0.2, 0.25) is 0 Å². The molecule has 0 bridgehead atoms. The third-order valence-electron chi connectivity index (χ3n) is 5.65. The Hall–Kier alpha value is -1.59. The van der Waals surface area contributed by atoms with Crippen LogP contribution in [-0.2, 0) is 28.6 Å². The second kappa shape index (κ2) is 22.2. The Morgan fingerprint density at radius 3 is 1.42 bits per heavy atom. The van der Waals surface area contributed by atoms with Crippen molar-refractivity contribution in [1.29, 1.82) is 0 Å². The summed E-state index contributed by atoms with van der Waals surface area (Å²) >= 11 is 0. The fraction of sp³-hybridized carbons (Fsp3) is 0.889. The zero-order chi connectivity index (χ0) is 24.7. The van der Waals surface area contributed by atoms with Crippen molar-refractivity contribution in [2.24, 2.45) is 5.92 Å². The molecule has 33 heavy (non-hydrogen) atoms. The van der Waals surface area contributed by atoms with E-state index in [0.717, 1.165) is 25.2 Å². The molecule has 0 saturated carbocycles. The molecule has 194 valence electrons. The highest BCUT2D eigenvalue weighted by Crippen LogP contribution is 2.15. The van der Waals surface area contributed by atoms with Crippen molar-refractivity contribution in [2.75, 3.05) is 13.2 Å². The molecular weight excluding hydrogens is 420 g/mol. The molecule has 0 fully saturated rings. The molecule has 0 aromatic heterocycles. The molecule has 0 aromatic rings. The van der Waals surface area contributed by atoms with Crippen LogP contribution >= 0.6 is 0 Å². The Morgan fingerprint density at radius 2 is 1.00 bits per heavy atom. The van der Waals surface area contributed by atoms with Crippen LogP contribution < -0.4 is 0 Å². The predicted octanol–water partition coefficient (Wildman–Crippen LogP) is 6.92. The van der Waals surface area contributed by atoms with Gasteiger partial charge in [-0.2, -0.15) is 0 Å². The van der Waals surface area contributed by atoms with Crippen LogP contribution in [0.1, 0.15) is 130 Å². The summed E-state index contributed by atoms with van der Waals surface area (Å²) in [5.41, 5.74) is 0. The lowest BCUT2D eigenvalue weighted by molar-refractivity contribution is -0.164. The zero-order valence-corrected chi connectivity index (χ0v) is 21.8. The number of esters is 3. The van der Waals surface area contributed by atoms with Gasteiger partial charge in [-0.1, -0.05) is 104 Å². The van der Waals surface area contributed by atoms with Gasteiger partial charge in [0.05, 0.1) is 0 Å². The first-order valence-corrected chi connectivity index (χ1v) is 13.3. The number of ether oxygens (including phenoxy) is 3. The molecule has 0 amide bonds. The van der Waals surface area contributed by atoms with Gasteiger partial charge in [0.15, 0.2) is 6.10 Å². The number of carbonyl (C=O) groups is 3. The minimum atomic E-state index is -0.759. The van der Waals surface area contributed by atoms with E-state index in [0.29, 0.717) is 6.42 Å². The molecule has 0 heterocycles. The summed E-state index contributed by atoms with van der Waals surface area (Å²) in [6.07, 6.45) is 18.8. The first-order valence-electron chi connectivity index (χ1n) is 13.3. The average Bonchev–Trinajstić information content (AvgIpc) is 2.74. The Bertz CT molecular complexity index is 503. The molecule has 0 saturated heterocycles. The number of hydrogen-bond acceptors (Lipinski definition) is 6. The quantitative estimate of drug-likeness (QED) is 0.0970. The van der Waals surface area contributed by atoms with E-state index in [1.807, 2.05) is 0 Å². The lowest BCUT2D eigenvalue weighted by Crippen LogP contribution is -2.29. The van der Waals surface area contributed by atoms with Crippen LogP contribution in [-0.4, -0.2) is 37.2 Å². The summed E-state index contributed by atoms with van der Waals surface area (Å²) in [6.45, 7) is 6.94. The number of carbonyl (C=O) groups excluding carboxylic acids is 3. The summed E-state index contributed by atoms with van der Waals surface area (Å²) in [6, 6.07) is 0. The molecular formula is C27H50O6. The third-order valence-corrected chi connectivity index (χ3v) is 5.65. The molecule has 0 aliphatic heterocycles. The summed E-state index contributed by atoms with van der Waals surface area (Å²) in [7, 11) is 0. The van der Waals surface area contributed by atoms with Gasteiger partial charge < -0.3 is 14.2 Å². The Labute approximate surface area is 202 Å². The predicted molar refractivity (Wildman–Crippen MR) is 132 cm³/mol. The Kier molecular flexibility index (Phi) is 21.1. The first-order chi connectivity index (χ1) is 15.8. The maximum atomic E-state index is 11.9. The van der Waals surface area contributed by atoms with Crippen molar-refractivity contribution in [3.05, 3.63) is 0 Å². The largest absolute Gasteiger partial charge is 0.462 e. The molecule has 0 spiro atoms. The van der Waals surface area contributed by atoms with Gasteiger partial charge in [0.2, 0.25) is 0 Å². The number of hydrogen-bond donors (Lipinski definition) is 0. The molecule has 1 unspecified atom stereocenters. The fourth-order valence-electron chi connectivity index (χ4n) is 3.76. The van der Waals surface area contributed by atoms with Crippen LogP contribution in [0.15, 0.2) is 0 Å². The van der Waals surface area contributed by atoms with E-state index in [4.69, 9.17) is 14.2 Å². The summed E-state index contributed by atoms with van der Waals surface area (Å²) in [5, 5.41) is 0. The second-order valence-electron chi connectivity index (χ2n) is 9.60. The highest BCUT2D eigenvalue weighted by Gasteiger charge is 2.16. The van der Waals surface area contributed by atoms with Gasteiger partial charge in [-0.25, -0.2) is 0 Å². The van der Waals surface area contributed by atoms with E-state index in [9.17, 15) is 14.4 Å². The van der Waals surface area contributed by atoms with Crippen LogP contribution in [0.25, 0.3) is 0 Å². The minimum absolute atomic E-state index is 0.0934. The normalized spacial score (nSPS) is 11.9. The highest BCUT2D eigenvalue weighted by molar-refractivity contribution is 5.69. The standard InChI is InChI=1S/C27H50O6/c1-23(2)19-17-15-13-11-9-7-5-6-8-10-12-14-16-18-20-27(30)32-22-26(33-25(4)29)21-31-24(3)28/h23,26H,5-22H2,1-4H3. The van der Waals surface area contributed by atoms with Crippen LogP contribution in [0.3, 0.4) is 0 Å². The topological polar surface area (TPSA) is 78.9 Å². The van der Waals surface area contributed by atoms with E-state index < -0.39 is 18.0 Å². The molecule has 0 aliphatic rings. The lowest BCUT2D eigenvalue weighted by Gasteiger charge is -2.16. The maximum Gasteiger partial charge on any atom is 0.305 e. The summed E-state index contributed by atoms with van der Waals surface area (Å²) in [5.74, 6) is -0.438. The van der Waals surface area contributed by atoms with Gasteiger partial charge >= 0.3 is 17.9 Å². The van der Waals surface area contributed by atoms with E-state index >= 15 is 0 Å². The van der Waals surface area contributed by atoms with Crippen molar-refractivity contribution in [3.63, 3.8) is 0 Å². The molecule has 0 aliphatic carbocycles. The van der Waals surface area contributed by atoms with Crippen molar-refractivity contribution in [2.45, 2.75) is 137 Å². The van der Waals surface area contributed by atoms with Crippen molar-refractivity contribution in [1.82, 2.24) is 0 Å². The number of unbranched alkanes of at least 4 members (excludes halogenated alkanes) is 13. The van der Waals surface area contributed by atoms with Crippen molar-refractivity contribution >= 4 is 17.9 Å². The van der Waals surface area contributed by atoms with Gasteiger partial charge in [0, 0.05) is 20.3 Å². The smallest absolute Gasteiger partial charge is 0.305 e. The minimum Gasteiger partial charge on any atom is -0.462 e. The molecule has 0 N–H and O–H groups in total. The fourth-order valence-corrected chi connectivity index (χ4v) is 3.76. The van der Waals surface area contributed by atoms with Gasteiger partial charge in [-0.3, -0.25) is 14.4 Å². The second-order valence-corrected chi connectivity index (χ2v) is 9.60. The molecule has 1 atom stereocenters. The molecule has 6 heteroatoms. The highest BCUT2D eigenvalue weighted by atomic mass is 16.6. The maximum absolute atomic E-state index is 11.9. The summed E-state index contributed by atoms with van der Waals surface area (Å²) in [4.78, 5) is 33.8. The monoisotopic (exact) mass is 470 g/mol. The van der Waals surface area contributed by atoms with Crippen LogP contribution in [0, 0.1) is 5.92 Å². The van der Waals surface area contributed by atoms with E-state index in [1.54, 1.807) is 0 Å². The molecule has 0 radical (unpaired) electrons. The van der Waals surface area contributed by atoms with Crippen molar-refractivity contribution in [3.8, 4) is 0 Å². The van der Waals surface area contributed by atoms with Crippen molar-refractivity contribution < 1.29 is 28.6 Å². The first kappa shape index (κ1) is 31.4. The van der Waals surface area contributed by atoms with E-state index in [-0.39, 0.29) is 19.2 Å². The summed E-state index contributed by atoms with van der Waals surface area (Å²) < 4.78 is 15.0. The van der Waals surface area contributed by atoms with Gasteiger partial charge in [0.25, 0.3) is 0 Å². The van der Waals surface area contributed by atoms with E-state index in [2.05, 4.69) is 13.8 Å². The van der Waals surface area contributed by atoms with Crippen LogP contribution in [0.5, 0.6) is 0 Å².